The first-order chi connectivity index (χ1) is 14.9. The number of nitrogens with zero attached hydrogens (tertiary/aromatic N) is 1. The van der Waals surface area contributed by atoms with E-state index in [0.717, 1.165) is 5.56 Å². The smallest absolute Gasteiger partial charge is 0.240 e. The molecule has 3 amide bonds. The highest BCUT2D eigenvalue weighted by molar-refractivity contribution is 5.90. The van der Waals surface area contributed by atoms with Crippen molar-refractivity contribution in [3.63, 3.8) is 0 Å². The maximum Gasteiger partial charge on any atom is 0.240 e. The number of nitrogens with two attached hydrogens (primary N) is 3. The lowest BCUT2D eigenvalue weighted by Crippen LogP contribution is -2.73. The van der Waals surface area contributed by atoms with Gasteiger partial charge in [-0.15, -0.1) is 0 Å². The Bertz CT molecular complexity index is 810. The molecule has 178 valence electrons. The van der Waals surface area contributed by atoms with Crippen molar-refractivity contribution in [3.05, 3.63) is 35.9 Å². The van der Waals surface area contributed by atoms with Crippen LogP contribution in [0, 0.1) is 0 Å². The molecule has 1 aliphatic rings. The summed E-state index contributed by atoms with van der Waals surface area (Å²) in [6, 6.07) is 7.43. The third-order valence-corrected chi connectivity index (χ3v) is 6.18. The molecule has 2 unspecified atom stereocenters. The van der Waals surface area contributed by atoms with E-state index in [-0.39, 0.29) is 6.42 Å². The predicted molar refractivity (Wildman–Crippen MR) is 122 cm³/mol. The Kier molecular flexibility index (Phi) is 8.39. The second-order valence-corrected chi connectivity index (χ2v) is 9.57. The first-order valence-corrected chi connectivity index (χ1v) is 11.0. The van der Waals surface area contributed by atoms with E-state index < -0.39 is 47.0 Å². The Labute approximate surface area is 189 Å². The highest BCUT2D eigenvalue weighted by Crippen LogP contribution is 2.39. The Balaban J connectivity index is 2.39. The van der Waals surface area contributed by atoms with E-state index in [9.17, 15) is 19.5 Å². The topological polar surface area (TPSA) is 165 Å². The van der Waals surface area contributed by atoms with Crippen molar-refractivity contribution in [2.24, 2.45) is 17.2 Å². The molecule has 0 bridgehead atoms. The van der Waals surface area contributed by atoms with E-state index >= 15 is 0 Å². The zero-order chi connectivity index (χ0) is 24.1. The van der Waals surface area contributed by atoms with Gasteiger partial charge in [0.15, 0.2) is 0 Å². The van der Waals surface area contributed by atoms with E-state index in [2.05, 4.69) is 5.32 Å². The van der Waals surface area contributed by atoms with E-state index in [4.69, 9.17) is 17.2 Å². The lowest BCUT2D eigenvalue weighted by Gasteiger charge is -2.49. The van der Waals surface area contributed by atoms with E-state index in [1.54, 1.807) is 0 Å². The van der Waals surface area contributed by atoms with Gasteiger partial charge in [-0.05, 0) is 58.6 Å². The standard InChI is InChI=1S/C23H37N5O4/c1-22(2,3)28-13-7-12-23(28,21(26)32)19(27-20(31)16(24)14-18(25)30)17(29)11-10-15-8-5-4-6-9-15/h4-6,8-9,16-17,19,29H,7,10-14,24H2,1-3H3,(H2,25,30)(H2,26,32)(H,27,31)/t16-,17?,19?,23+/m0/s1. The summed E-state index contributed by atoms with van der Waals surface area (Å²) < 4.78 is 0. The van der Waals surface area contributed by atoms with Crippen LogP contribution in [0.3, 0.4) is 0 Å². The van der Waals surface area contributed by atoms with Gasteiger partial charge in [0.2, 0.25) is 17.7 Å². The fourth-order valence-corrected chi connectivity index (χ4v) is 4.74. The van der Waals surface area contributed by atoms with Gasteiger partial charge in [-0.3, -0.25) is 19.3 Å². The summed E-state index contributed by atoms with van der Waals surface area (Å²) >= 11 is 0. The van der Waals surface area contributed by atoms with Gasteiger partial charge in [0.1, 0.15) is 5.54 Å². The summed E-state index contributed by atoms with van der Waals surface area (Å²) in [5.41, 5.74) is 16.3. The highest BCUT2D eigenvalue weighted by atomic mass is 16.3. The summed E-state index contributed by atoms with van der Waals surface area (Å²) in [5.74, 6) is -1.98. The minimum absolute atomic E-state index is 0.299. The van der Waals surface area contributed by atoms with Crippen molar-refractivity contribution in [1.82, 2.24) is 10.2 Å². The lowest BCUT2D eigenvalue weighted by atomic mass is 9.79. The van der Waals surface area contributed by atoms with Crippen LogP contribution in [0.5, 0.6) is 0 Å². The van der Waals surface area contributed by atoms with Crippen molar-refractivity contribution in [2.45, 2.75) is 82.1 Å². The molecule has 0 aliphatic carbocycles. The minimum Gasteiger partial charge on any atom is -0.391 e. The van der Waals surface area contributed by atoms with E-state index in [1.807, 2.05) is 56.0 Å². The number of likely N-dealkylation sites (tertiary alicyclic amines) is 1. The predicted octanol–water partition coefficient (Wildman–Crippen LogP) is -0.214. The number of amides is 3. The number of hydrogen-bond acceptors (Lipinski definition) is 6. The summed E-state index contributed by atoms with van der Waals surface area (Å²) in [5, 5.41) is 14.0. The Morgan fingerprint density at radius 2 is 1.81 bits per heavy atom. The van der Waals surface area contributed by atoms with Crippen LogP contribution >= 0.6 is 0 Å². The number of aliphatic hydroxyl groups excluding tert-OH is 1. The molecule has 0 radical (unpaired) electrons. The van der Waals surface area contributed by atoms with Gasteiger partial charge in [0.25, 0.3) is 0 Å². The Morgan fingerprint density at radius 3 is 2.34 bits per heavy atom. The first kappa shape index (κ1) is 25.8. The van der Waals surface area contributed by atoms with Crippen LogP contribution in [-0.2, 0) is 20.8 Å². The average molecular weight is 448 g/mol. The van der Waals surface area contributed by atoms with Gasteiger partial charge in [-0.1, -0.05) is 30.3 Å². The van der Waals surface area contributed by atoms with Crippen molar-refractivity contribution in [1.29, 1.82) is 0 Å². The quantitative estimate of drug-likeness (QED) is 0.333. The number of aryl methyl sites for hydroxylation is 1. The summed E-state index contributed by atoms with van der Waals surface area (Å²) in [6.07, 6.45) is 0.503. The van der Waals surface area contributed by atoms with Crippen LogP contribution in [0.1, 0.15) is 52.0 Å². The number of carbonyl (C=O) groups excluding carboxylic acids is 3. The van der Waals surface area contributed by atoms with Gasteiger partial charge in [-0.2, -0.15) is 0 Å². The Hall–Kier alpha value is -2.49. The number of carbonyl (C=O) groups is 3. The lowest BCUT2D eigenvalue weighted by molar-refractivity contribution is -0.140. The number of nitrogens with one attached hydrogen (secondary N) is 1. The number of benzene rings is 1. The van der Waals surface area contributed by atoms with Crippen LogP contribution in [0.25, 0.3) is 0 Å². The third kappa shape index (κ3) is 5.85. The molecule has 0 spiro atoms. The minimum atomic E-state index is -1.30. The third-order valence-electron chi connectivity index (χ3n) is 6.18. The summed E-state index contributed by atoms with van der Waals surface area (Å²) in [7, 11) is 0. The fourth-order valence-electron chi connectivity index (χ4n) is 4.74. The van der Waals surface area contributed by atoms with E-state index in [1.165, 1.54) is 0 Å². The molecular formula is C23H37N5O4. The number of hydrogen-bond donors (Lipinski definition) is 5. The fraction of sp³-hybridized carbons (Fsp3) is 0.609. The molecule has 1 aliphatic heterocycles. The molecule has 9 heteroatoms. The molecule has 1 fully saturated rings. The highest BCUT2D eigenvalue weighted by Gasteiger charge is 2.57. The van der Waals surface area contributed by atoms with Gasteiger partial charge < -0.3 is 27.6 Å². The van der Waals surface area contributed by atoms with Crippen LogP contribution in [0.15, 0.2) is 30.3 Å². The van der Waals surface area contributed by atoms with Gasteiger partial charge in [0, 0.05) is 5.54 Å². The molecule has 8 N–H and O–H groups in total. The van der Waals surface area contributed by atoms with Crippen molar-refractivity contribution in [3.8, 4) is 0 Å². The molecule has 1 saturated heterocycles. The molecular weight excluding hydrogens is 410 g/mol. The molecule has 1 aromatic carbocycles. The molecule has 4 atom stereocenters. The molecule has 2 rings (SSSR count). The number of rotatable bonds is 10. The molecule has 0 saturated carbocycles. The molecule has 9 nitrogen and oxygen atoms in total. The van der Waals surface area contributed by atoms with Gasteiger partial charge >= 0.3 is 0 Å². The maximum atomic E-state index is 12.9. The maximum absolute atomic E-state index is 12.9. The van der Waals surface area contributed by atoms with Gasteiger partial charge in [-0.25, -0.2) is 0 Å². The van der Waals surface area contributed by atoms with Crippen molar-refractivity contribution in [2.75, 3.05) is 6.54 Å². The summed E-state index contributed by atoms with van der Waals surface area (Å²) in [4.78, 5) is 39.0. The zero-order valence-corrected chi connectivity index (χ0v) is 19.2. The first-order valence-electron chi connectivity index (χ1n) is 11.0. The zero-order valence-electron chi connectivity index (χ0n) is 19.2. The second kappa shape index (κ2) is 10.4. The monoisotopic (exact) mass is 447 g/mol. The largest absolute Gasteiger partial charge is 0.391 e. The van der Waals surface area contributed by atoms with Gasteiger partial charge in [0.05, 0.1) is 24.6 Å². The molecule has 0 aromatic heterocycles. The molecule has 32 heavy (non-hydrogen) atoms. The normalized spacial score (nSPS) is 22.2. The van der Waals surface area contributed by atoms with Crippen LogP contribution in [0.2, 0.25) is 0 Å². The Morgan fingerprint density at radius 1 is 1.19 bits per heavy atom. The van der Waals surface area contributed by atoms with Crippen LogP contribution < -0.4 is 22.5 Å². The summed E-state index contributed by atoms with van der Waals surface area (Å²) in [6.45, 7) is 6.48. The van der Waals surface area contributed by atoms with Crippen molar-refractivity contribution < 1.29 is 19.5 Å². The number of primary amides is 2. The average Bonchev–Trinajstić information content (AvgIpc) is 3.17. The molecule has 1 aromatic rings. The van der Waals surface area contributed by atoms with Crippen LogP contribution in [-0.4, -0.2) is 63.5 Å². The second-order valence-electron chi connectivity index (χ2n) is 9.57. The van der Waals surface area contributed by atoms with Crippen LogP contribution in [0.4, 0.5) is 0 Å². The van der Waals surface area contributed by atoms with Crippen molar-refractivity contribution >= 4 is 17.7 Å². The van der Waals surface area contributed by atoms with E-state index in [0.29, 0.717) is 32.2 Å². The number of aliphatic hydroxyl groups is 1. The molecule has 1 heterocycles. The SMILES string of the molecule is CC(C)(C)N1CCC[C@]1(C(N)=O)C(NC(=O)[C@@H](N)CC(N)=O)C(O)CCc1ccccc1.